The molecule has 1 saturated carbocycles. The van der Waals surface area contributed by atoms with Crippen LogP contribution in [-0.2, 0) is 33.2 Å². The molecule has 1 fully saturated rings. The Bertz CT molecular complexity index is 1390. The molecule has 0 atom stereocenters. The minimum absolute atomic E-state index is 0.223. The van der Waals surface area contributed by atoms with Gasteiger partial charge in [0.1, 0.15) is 5.78 Å². The number of nitrogens with zero attached hydrogens (tertiary/aromatic N) is 1. The zero-order valence-corrected chi connectivity index (χ0v) is 21.0. The molecule has 1 aliphatic heterocycles. The predicted octanol–water partition coefficient (Wildman–Crippen LogP) is 4.63. The lowest BCUT2D eigenvalue weighted by Gasteiger charge is -2.16. The number of ether oxygens (including phenoxy) is 2. The Labute approximate surface area is 206 Å². The number of benzene rings is 3. The van der Waals surface area contributed by atoms with Crippen molar-refractivity contribution in [3.8, 4) is 22.6 Å². The van der Waals surface area contributed by atoms with Gasteiger partial charge < -0.3 is 9.47 Å². The molecule has 182 valence electrons. The highest BCUT2D eigenvalue weighted by molar-refractivity contribution is 7.88. The Morgan fingerprint density at radius 1 is 0.943 bits per heavy atom. The van der Waals surface area contributed by atoms with Crippen molar-refractivity contribution in [3.05, 3.63) is 82.9 Å². The average molecular weight is 492 g/mol. The van der Waals surface area contributed by atoms with E-state index in [9.17, 15) is 13.2 Å². The molecule has 0 spiro atoms. The number of rotatable bonds is 8. The number of hydrogen-bond acceptors (Lipinski definition) is 5. The molecule has 0 radical (unpaired) electrons. The van der Waals surface area contributed by atoms with Crippen molar-refractivity contribution in [1.82, 2.24) is 4.31 Å². The van der Waals surface area contributed by atoms with E-state index < -0.39 is 15.4 Å². The van der Waals surface area contributed by atoms with E-state index >= 15 is 0 Å². The lowest BCUT2D eigenvalue weighted by Crippen LogP contribution is -2.24. The lowest BCUT2D eigenvalue weighted by atomic mass is 9.87. The highest BCUT2D eigenvalue weighted by Crippen LogP contribution is 2.51. The fourth-order valence-electron chi connectivity index (χ4n) is 4.66. The van der Waals surface area contributed by atoms with Crippen LogP contribution < -0.4 is 9.47 Å². The van der Waals surface area contributed by atoms with E-state index in [4.69, 9.17) is 9.47 Å². The molecule has 5 rings (SSSR count). The Kier molecular flexibility index (Phi) is 5.93. The number of hydrogen-bond donors (Lipinski definition) is 0. The van der Waals surface area contributed by atoms with Gasteiger partial charge in [0.05, 0.1) is 11.7 Å². The maximum Gasteiger partial charge on any atom is 0.231 e. The topological polar surface area (TPSA) is 72.9 Å². The van der Waals surface area contributed by atoms with Crippen LogP contribution in [0.3, 0.4) is 0 Å². The third-order valence-corrected chi connectivity index (χ3v) is 8.37. The summed E-state index contributed by atoms with van der Waals surface area (Å²) in [5.41, 5.74) is 5.73. The Balaban J connectivity index is 1.34. The molecule has 0 bridgehead atoms. The summed E-state index contributed by atoms with van der Waals surface area (Å²) in [6.45, 7) is 2.61. The molecule has 35 heavy (non-hydrogen) atoms. The number of fused-ring (bicyclic) bond motifs is 1. The van der Waals surface area contributed by atoms with Gasteiger partial charge in [-0.05, 0) is 65.3 Å². The third-order valence-electron chi connectivity index (χ3n) is 7.11. The van der Waals surface area contributed by atoms with Crippen molar-refractivity contribution < 1.29 is 22.7 Å². The van der Waals surface area contributed by atoms with Crippen LogP contribution in [-0.4, -0.2) is 38.6 Å². The average Bonchev–Trinajstić information content (AvgIpc) is 3.51. The SMILES string of the molecule is Cc1ccc(CC(=O)C2(c3ccc4c(c3)OCO4)CC2)cc1-c1ccc(CN(C)S(C)(=O)=O)cc1. The van der Waals surface area contributed by atoms with E-state index in [-0.39, 0.29) is 12.6 Å². The standard InChI is InChI=1S/C28H29NO5S/c1-19-4-5-21(14-24(19)22-8-6-20(7-9-22)17-29(2)35(3,31)32)15-27(30)28(12-13-28)23-10-11-25-26(16-23)34-18-33-25/h4-11,14,16H,12-13,15,17-18H2,1-3H3. The van der Waals surface area contributed by atoms with Crippen molar-refractivity contribution in [3.63, 3.8) is 0 Å². The molecule has 0 saturated heterocycles. The second-order valence-electron chi connectivity index (χ2n) is 9.62. The largest absolute Gasteiger partial charge is 0.454 e. The van der Waals surface area contributed by atoms with Crippen LogP contribution in [0.2, 0.25) is 0 Å². The quantitative estimate of drug-likeness (QED) is 0.460. The Hall–Kier alpha value is -3.16. The summed E-state index contributed by atoms with van der Waals surface area (Å²) in [5.74, 6) is 1.67. The summed E-state index contributed by atoms with van der Waals surface area (Å²) in [6, 6.07) is 19.9. The molecule has 0 N–H and O–H groups in total. The van der Waals surface area contributed by atoms with Gasteiger partial charge in [-0.2, -0.15) is 0 Å². The number of sulfonamides is 1. The molecule has 7 heteroatoms. The second kappa shape index (κ2) is 8.81. The lowest BCUT2D eigenvalue weighted by molar-refractivity contribution is -0.120. The van der Waals surface area contributed by atoms with E-state index in [0.29, 0.717) is 18.7 Å². The maximum atomic E-state index is 13.4. The summed E-state index contributed by atoms with van der Waals surface area (Å²) in [4.78, 5) is 13.4. The monoisotopic (exact) mass is 491 g/mol. The summed E-state index contributed by atoms with van der Waals surface area (Å²) in [6.07, 6.45) is 3.29. The first kappa shape index (κ1) is 23.6. The zero-order valence-electron chi connectivity index (χ0n) is 20.2. The van der Waals surface area contributed by atoms with Gasteiger partial charge in [-0.15, -0.1) is 0 Å². The molecule has 0 aromatic heterocycles. The number of Topliss-reactive ketones (excluding diaryl/α,β-unsaturated/α-hetero) is 1. The van der Waals surface area contributed by atoms with E-state index in [1.54, 1.807) is 7.05 Å². The summed E-state index contributed by atoms with van der Waals surface area (Å²) in [7, 11) is -1.66. The first-order valence-electron chi connectivity index (χ1n) is 11.7. The fraction of sp³-hybridized carbons (Fsp3) is 0.321. The molecule has 1 heterocycles. The normalized spacial score (nSPS) is 15.9. The van der Waals surface area contributed by atoms with Crippen molar-refractivity contribution in [2.24, 2.45) is 0 Å². The van der Waals surface area contributed by atoms with Crippen molar-refractivity contribution >= 4 is 15.8 Å². The Morgan fingerprint density at radius 2 is 1.63 bits per heavy atom. The van der Waals surface area contributed by atoms with E-state index in [1.807, 2.05) is 48.5 Å². The van der Waals surface area contributed by atoms with Crippen LogP contribution in [0.1, 0.15) is 35.1 Å². The maximum absolute atomic E-state index is 13.4. The van der Waals surface area contributed by atoms with Gasteiger partial charge in [-0.3, -0.25) is 4.79 Å². The van der Waals surface area contributed by atoms with Crippen molar-refractivity contribution in [1.29, 1.82) is 0 Å². The number of carbonyl (C=O) groups is 1. The highest BCUT2D eigenvalue weighted by Gasteiger charge is 2.50. The molecule has 0 amide bonds. The molecule has 1 aliphatic carbocycles. The molecule has 6 nitrogen and oxygen atoms in total. The summed E-state index contributed by atoms with van der Waals surface area (Å²) >= 11 is 0. The smallest absolute Gasteiger partial charge is 0.231 e. The minimum Gasteiger partial charge on any atom is -0.454 e. The number of carbonyl (C=O) groups excluding carboxylic acids is 1. The van der Waals surface area contributed by atoms with Gasteiger partial charge in [0.15, 0.2) is 11.5 Å². The first-order valence-corrected chi connectivity index (χ1v) is 13.5. The van der Waals surface area contributed by atoms with Crippen LogP contribution in [0.5, 0.6) is 11.5 Å². The van der Waals surface area contributed by atoms with Gasteiger partial charge in [-0.1, -0.05) is 48.5 Å². The fourth-order valence-corrected chi connectivity index (χ4v) is 5.04. The van der Waals surface area contributed by atoms with Crippen LogP contribution in [0.15, 0.2) is 60.7 Å². The van der Waals surface area contributed by atoms with Crippen molar-refractivity contribution in [2.75, 3.05) is 20.1 Å². The summed E-state index contributed by atoms with van der Waals surface area (Å²) < 4.78 is 35.7. The minimum atomic E-state index is -3.23. The highest BCUT2D eigenvalue weighted by atomic mass is 32.2. The molecule has 0 unspecified atom stereocenters. The van der Waals surface area contributed by atoms with Crippen LogP contribution in [0.25, 0.3) is 11.1 Å². The second-order valence-corrected chi connectivity index (χ2v) is 11.7. The van der Waals surface area contributed by atoms with E-state index in [1.165, 1.54) is 10.6 Å². The van der Waals surface area contributed by atoms with E-state index in [0.717, 1.165) is 52.0 Å². The predicted molar refractivity (Wildman–Crippen MR) is 135 cm³/mol. The van der Waals surface area contributed by atoms with Gasteiger partial charge >= 0.3 is 0 Å². The first-order chi connectivity index (χ1) is 16.7. The van der Waals surface area contributed by atoms with Gasteiger partial charge in [0, 0.05) is 20.0 Å². The number of aryl methyl sites for hydroxylation is 1. The van der Waals surface area contributed by atoms with Gasteiger partial charge in [-0.25, -0.2) is 12.7 Å². The molecular weight excluding hydrogens is 462 g/mol. The van der Waals surface area contributed by atoms with Gasteiger partial charge in [0.2, 0.25) is 16.8 Å². The third kappa shape index (κ3) is 4.70. The zero-order chi connectivity index (χ0) is 24.8. The Morgan fingerprint density at radius 3 is 2.31 bits per heavy atom. The van der Waals surface area contributed by atoms with Crippen LogP contribution >= 0.6 is 0 Å². The van der Waals surface area contributed by atoms with Gasteiger partial charge in [0.25, 0.3) is 0 Å². The molecule has 3 aromatic carbocycles. The number of ketones is 1. The van der Waals surface area contributed by atoms with Crippen molar-refractivity contribution in [2.45, 2.75) is 38.1 Å². The summed E-state index contributed by atoms with van der Waals surface area (Å²) in [5, 5.41) is 0. The molecule has 3 aromatic rings. The van der Waals surface area contributed by atoms with Crippen LogP contribution in [0, 0.1) is 6.92 Å². The molecule has 2 aliphatic rings. The van der Waals surface area contributed by atoms with E-state index in [2.05, 4.69) is 19.1 Å². The molecular formula is C28H29NO5S. The van der Waals surface area contributed by atoms with Crippen LogP contribution in [0.4, 0.5) is 0 Å².